The molecular weight excluding hydrogens is 184 g/mol. The molecule has 0 aromatic rings. The second kappa shape index (κ2) is 4.84. The Kier molecular flexibility index (Phi) is 4.19. The SMILES string of the molecule is CCCCCN1C(C)(C)CNCC1(C)C. The molecule has 1 N–H and O–H groups in total. The minimum absolute atomic E-state index is 0.301. The molecule has 0 bridgehead atoms. The Labute approximate surface area is 95.4 Å². The van der Waals surface area contributed by atoms with E-state index in [4.69, 9.17) is 0 Å². The highest BCUT2D eigenvalue weighted by atomic mass is 15.3. The summed E-state index contributed by atoms with van der Waals surface area (Å²) >= 11 is 0. The molecule has 1 saturated heterocycles. The van der Waals surface area contributed by atoms with Crippen molar-refractivity contribution in [2.45, 2.75) is 65.0 Å². The van der Waals surface area contributed by atoms with Crippen LogP contribution in [0.2, 0.25) is 0 Å². The summed E-state index contributed by atoms with van der Waals surface area (Å²) in [4.78, 5) is 2.69. The van der Waals surface area contributed by atoms with Gasteiger partial charge in [0.2, 0.25) is 0 Å². The highest BCUT2D eigenvalue weighted by molar-refractivity contribution is 4.99. The first-order valence-electron chi connectivity index (χ1n) is 6.38. The first-order valence-corrected chi connectivity index (χ1v) is 6.38. The van der Waals surface area contributed by atoms with Gasteiger partial charge in [-0.2, -0.15) is 0 Å². The van der Waals surface area contributed by atoms with E-state index < -0.39 is 0 Å². The van der Waals surface area contributed by atoms with Gasteiger partial charge in [0.25, 0.3) is 0 Å². The third-order valence-corrected chi connectivity index (χ3v) is 3.56. The highest BCUT2D eigenvalue weighted by Gasteiger charge is 2.40. The van der Waals surface area contributed by atoms with Gasteiger partial charge in [-0.25, -0.2) is 0 Å². The van der Waals surface area contributed by atoms with Crippen molar-refractivity contribution in [3.63, 3.8) is 0 Å². The van der Waals surface area contributed by atoms with Crippen LogP contribution in [0.5, 0.6) is 0 Å². The Morgan fingerprint density at radius 3 is 2.00 bits per heavy atom. The van der Waals surface area contributed by atoms with Gasteiger partial charge in [0.05, 0.1) is 0 Å². The van der Waals surface area contributed by atoms with Gasteiger partial charge in [-0.3, -0.25) is 4.90 Å². The maximum absolute atomic E-state index is 3.54. The van der Waals surface area contributed by atoms with Crippen LogP contribution in [-0.2, 0) is 0 Å². The molecule has 0 spiro atoms. The molecule has 0 unspecified atom stereocenters. The molecule has 0 amide bonds. The average molecular weight is 212 g/mol. The van der Waals surface area contributed by atoms with Crippen LogP contribution in [0, 0.1) is 0 Å². The summed E-state index contributed by atoms with van der Waals surface area (Å²) in [7, 11) is 0. The predicted molar refractivity (Wildman–Crippen MR) is 67.3 cm³/mol. The van der Waals surface area contributed by atoms with Gasteiger partial charge in [-0.15, -0.1) is 0 Å². The van der Waals surface area contributed by atoms with E-state index in [2.05, 4.69) is 44.8 Å². The molecule has 1 rings (SSSR count). The summed E-state index contributed by atoms with van der Waals surface area (Å²) < 4.78 is 0. The lowest BCUT2D eigenvalue weighted by atomic mass is 9.88. The molecule has 0 radical (unpaired) electrons. The van der Waals surface area contributed by atoms with Crippen LogP contribution in [0.3, 0.4) is 0 Å². The molecule has 0 aliphatic carbocycles. The van der Waals surface area contributed by atoms with Crippen LogP contribution in [0.25, 0.3) is 0 Å². The molecule has 2 heteroatoms. The molecule has 0 aromatic carbocycles. The second-order valence-electron chi connectivity index (χ2n) is 6.09. The Morgan fingerprint density at radius 2 is 1.53 bits per heavy atom. The van der Waals surface area contributed by atoms with E-state index in [1.807, 2.05) is 0 Å². The Bertz CT molecular complexity index is 181. The predicted octanol–water partition coefficient (Wildman–Crippen LogP) is 2.64. The number of unbranched alkanes of at least 4 members (excludes halogenated alkanes) is 2. The quantitative estimate of drug-likeness (QED) is 0.721. The normalized spacial score (nSPS) is 25.4. The van der Waals surface area contributed by atoms with E-state index >= 15 is 0 Å². The minimum Gasteiger partial charge on any atom is -0.313 e. The van der Waals surface area contributed by atoms with E-state index in [1.165, 1.54) is 25.8 Å². The zero-order valence-electron chi connectivity index (χ0n) is 11.2. The summed E-state index contributed by atoms with van der Waals surface area (Å²) in [5.74, 6) is 0. The number of hydrogen-bond donors (Lipinski definition) is 1. The summed E-state index contributed by atoms with van der Waals surface area (Å²) in [5, 5.41) is 3.54. The molecule has 1 heterocycles. The van der Waals surface area contributed by atoms with Gasteiger partial charge in [-0.1, -0.05) is 19.8 Å². The van der Waals surface area contributed by atoms with Gasteiger partial charge >= 0.3 is 0 Å². The topological polar surface area (TPSA) is 15.3 Å². The molecule has 15 heavy (non-hydrogen) atoms. The fourth-order valence-electron chi connectivity index (χ4n) is 2.81. The van der Waals surface area contributed by atoms with Crippen molar-refractivity contribution in [3.8, 4) is 0 Å². The lowest BCUT2D eigenvalue weighted by Gasteiger charge is -2.53. The summed E-state index contributed by atoms with van der Waals surface area (Å²) in [6.45, 7) is 15.2. The molecule has 2 nitrogen and oxygen atoms in total. The maximum Gasteiger partial charge on any atom is 0.0283 e. The van der Waals surface area contributed by atoms with E-state index in [9.17, 15) is 0 Å². The first-order chi connectivity index (χ1) is 6.90. The van der Waals surface area contributed by atoms with Gasteiger partial charge in [0.15, 0.2) is 0 Å². The second-order valence-corrected chi connectivity index (χ2v) is 6.09. The zero-order chi connectivity index (χ0) is 11.5. The van der Waals surface area contributed by atoms with Crippen molar-refractivity contribution < 1.29 is 0 Å². The largest absolute Gasteiger partial charge is 0.313 e. The molecule has 0 saturated carbocycles. The number of rotatable bonds is 4. The third kappa shape index (κ3) is 3.18. The van der Waals surface area contributed by atoms with E-state index in [1.54, 1.807) is 0 Å². The Balaban J connectivity index is 2.60. The number of nitrogens with one attached hydrogen (secondary N) is 1. The van der Waals surface area contributed by atoms with Crippen molar-refractivity contribution >= 4 is 0 Å². The molecular formula is C13H28N2. The zero-order valence-corrected chi connectivity index (χ0v) is 11.2. The van der Waals surface area contributed by atoms with Crippen LogP contribution in [0.1, 0.15) is 53.9 Å². The summed E-state index contributed by atoms with van der Waals surface area (Å²) in [6.07, 6.45) is 4.01. The standard InChI is InChI=1S/C13H28N2/c1-6-7-8-9-15-12(2,3)10-14-11-13(15,4)5/h14H,6-11H2,1-5H3. The van der Waals surface area contributed by atoms with Crippen LogP contribution >= 0.6 is 0 Å². The van der Waals surface area contributed by atoms with Crippen LogP contribution < -0.4 is 5.32 Å². The van der Waals surface area contributed by atoms with Gasteiger partial charge in [0, 0.05) is 24.2 Å². The van der Waals surface area contributed by atoms with Crippen LogP contribution in [0.15, 0.2) is 0 Å². The lowest BCUT2D eigenvalue weighted by molar-refractivity contribution is -0.0139. The minimum atomic E-state index is 0.301. The van der Waals surface area contributed by atoms with E-state index in [0.29, 0.717) is 11.1 Å². The van der Waals surface area contributed by atoms with Crippen molar-refractivity contribution in [2.24, 2.45) is 0 Å². The van der Waals surface area contributed by atoms with E-state index in [-0.39, 0.29) is 0 Å². The Morgan fingerprint density at radius 1 is 1.00 bits per heavy atom. The lowest BCUT2D eigenvalue weighted by Crippen LogP contribution is -2.67. The van der Waals surface area contributed by atoms with Gasteiger partial charge in [-0.05, 0) is 40.7 Å². The first kappa shape index (κ1) is 13.0. The van der Waals surface area contributed by atoms with Crippen molar-refractivity contribution in [2.75, 3.05) is 19.6 Å². The third-order valence-electron chi connectivity index (χ3n) is 3.56. The number of piperazine rings is 1. The summed E-state index contributed by atoms with van der Waals surface area (Å²) in [5.41, 5.74) is 0.602. The monoisotopic (exact) mass is 212 g/mol. The van der Waals surface area contributed by atoms with Gasteiger partial charge < -0.3 is 5.32 Å². The highest BCUT2D eigenvalue weighted by Crippen LogP contribution is 2.28. The maximum atomic E-state index is 3.54. The fraction of sp³-hybridized carbons (Fsp3) is 1.00. The average Bonchev–Trinajstić information content (AvgIpc) is 2.09. The Hall–Kier alpha value is -0.0800. The molecule has 90 valence electrons. The molecule has 1 aliphatic heterocycles. The number of hydrogen-bond acceptors (Lipinski definition) is 2. The smallest absolute Gasteiger partial charge is 0.0283 e. The number of nitrogens with zero attached hydrogens (tertiary/aromatic N) is 1. The molecule has 0 atom stereocenters. The van der Waals surface area contributed by atoms with Crippen LogP contribution in [0.4, 0.5) is 0 Å². The van der Waals surface area contributed by atoms with Crippen LogP contribution in [-0.4, -0.2) is 35.6 Å². The molecule has 1 aliphatic rings. The molecule has 0 aromatic heterocycles. The van der Waals surface area contributed by atoms with E-state index in [0.717, 1.165) is 13.1 Å². The molecule has 1 fully saturated rings. The van der Waals surface area contributed by atoms with Crippen molar-refractivity contribution in [1.29, 1.82) is 0 Å². The van der Waals surface area contributed by atoms with Crippen molar-refractivity contribution in [3.05, 3.63) is 0 Å². The fourth-order valence-corrected chi connectivity index (χ4v) is 2.81. The summed E-state index contributed by atoms with van der Waals surface area (Å²) in [6, 6.07) is 0. The van der Waals surface area contributed by atoms with Crippen molar-refractivity contribution in [1.82, 2.24) is 10.2 Å². The van der Waals surface area contributed by atoms with Gasteiger partial charge in [0.1, 0.15) is 0 Å².